The second-order valence-electron chi connectivity index (χ2n) is 10.1. The van der Waals surface area contributed by atoms with Gasteiger partial charge in [0.15, 0.2) is 20.9 Å². The second kappa shape index (κ2) is 11.3. The summed E-state index contributed by atoms with van der Waals surface area (Å²) in [6.07, 6.45) is 3.60. The van der Waals surface area contributed by atoms with Crippen LogP contribution in [0.4, 0.5) is 5.69 Å². The number of benzene rings is 3. The molecule has 1 aliphatic heterocycles. The third-order valence-electron chi connectivity index (χ3n) is 7.31. The molecule has 0 aliphatic carbocycles. The first-order valence-electron chi connectivity index (χ1n) is 13.4. The third kappa shape index (κ3) is 5.72. The number of nitrogens with zero attached hydrogens (tertiary/aromatic N) is 3. The maximum atomic E-state index is 12.5. The molecule has 0 unspecified atom stereocenters. The number of para-hydroxylation sites is 1. The predicted octanol–water partition coefficient (Wildman–Crippen LogP) is 5.85. The largest absolute Gasteiger partial charge is 0.743 e. The van der Waals surface area contributed by atoms with E-state index < -0.39 is 31.1 Å². The molecule has 0 bridgehead atoms. The van der Waals surface area contributed by atoms with Crippen molar-refractivity contribution >= 4 is 87.0 Å². The molecule has 3 heterocycles. The molecular formula is C31H23ClN3O7S3-. The van der Waals surface area contributed by atoms with E-state index in [1.807, 2.05) is 42.8 Å². The summed E-state index contributed by atoms with van der Waals surface area (Å²) in [7, 11) is -7.88. The first-order valence-corrected chi connectivity index (χ1v) is 17.5. The van der Waals surface area contributed by atoms with Gasteiger partial charge in [0.1, 0.15) is 14.8 Å². The highest BCUT2D eigenvalue weighted by atomic mass is 35.5. The molecule has 0 N–H and O–H groups in total. The Morgan fingerprint density at radius 1 is 1.09 bits per heavy atom. The molecule has 10 nitrogen and oxygen atoms in total. The highest BCUT2D eigenvalue weighted by Gasteiger charge is 2.34. The molecule has 0 spiro atoms. The van der Waals surface area contributed by atoms with Crippen molar-refractivity contribution in [3.05, 3.63) is 105 Å². The summed E-state index contributed by atoms with van der Waals surface area (Å²) >= 11 is 7.41. The average molecular weight is 681 g/mol. The van der Waals surface area contributed by atoms with E-state index >= 15 is 0 Å². The maximum absolute atomic E-state index is 12.5. The summed E-state index contributed by atoms with van der Waals surface area (Å²) < 4.78 is 83.3. The maximum Gasteiger partial charge on any atom is 0.263 e. The number of anilines is 1. The van der Waals surface area contributed by atoms with Gasteiger partial charge >= 0.3 is 0 Å². The van der Waals surface area contributed by atoms with Crippen LogP contribution in [0, 0.1) is 0 Å². The van der Waals surface area contributed by atoms with Crippen molar-refractivity contribution < 1.29 is 35.2 Å². The minimum atomic E-state index is -5.11. The van der Waals surface area contributed by atoms with E-state index in [1.54, 1.807) is 42.5 Å². The average Bonchev–Trinajstić information content (AvgIpc) is 3.58. The zero-order chi connectivity index (χ0) is 32.3. The lowest BCUT2D eigenvalue weighted by molar-refractivity contribution is -0.649. The molecule has 0 radical (unpaired) electrons. The third-order valence-corrected chi connectivity index (χ3v) is 9.99. The molecule has 0 fully saturated rings. The van der Waals surface area contributed by atoms with Gasteiger partial charge < -0.3 is 18.4 Å². The molecule has 14 heteroatoms. The fourth-order valence-corrected chi connectivity index (χ4v) is 7.92. The number of halogens is 1. The first kappa shape index (κ1) is 30.8. The van der Waals surface area contributed by atoms with E-state index in [2.05, 4.69) is 18.0 Å². The van der Waals surface area contributed by atoms with Crippen molar-refractivity contribution in [2.75, 3.05) is 4.90 Å². The van der Waals surface area contributed by atoms with E-state index in [0.717, 1.165) is 26.7 Å². The van der Waals surface area contributed by atoms with Gasteiger partial charge in [-0.3, -0.25) is 4.90 Å². The van der Waals surface area contributed by atoms with Crippen molar-refractivity contribution in [3.8, 4) is 5.75 Å². The summed E-state index contributed by atoms with van der Waals surface area (Å²) in [6.45, 7) is 5.24. The second-order valence-corrected chi connectivity index (χ2v) is 14.3. The molecule has 230 valence electrons. The van der Waals surface area contributed by atoms with Gasteiger partial charge in [0.25, 0.3) is 5.01 Å². The van der Waals surface area contributed by atoms with Gasteiger partial charge in [-0.15, -0.1) is 0 Å². The highest BCUT2D eigenvalue weighted by molar-refractivity contribution is 7.89. The quantitative estimate of drug-likeness (QED) is 0.119. The summed E-state index contributed by atoms with van der Waals surface area (Å²) in [6, 6.07) is 16.2. The van der Waals surface area contributed by atoms with Crippen LogP contribution in [-0.2, 0) is 33.2 Å². The first-order chi connectivity index (χ1) is 21.3. The van der Waals surface area contributed by atoms with Crippen molar-refractivity contribution in [1.29, 1.82) is 0 Å². The fourth-order valence-electron chi connectivity index (χ4n) is 5.35. The van der Waals surface area contributed by atoms with Gasteiger partial charge in [-0.2, -0.15) is 4.57 Å². The van der Waals surface area contributed by atoms with E-state index in [-0.39, 0.29) is 5.88 Å². The monoisotopic (exact) mass is 680 g/mol. The van der Waals surface area contributed by atoms with Crippen molar-refractivity contribution in [2.45, 2.75) is 19.2 Å². The van der Waals surface area contributed by atoms with Crippen LogP contribution >= 0.6 is 22.9 Å². The number of hydrogen-bond donors (Lipinski definition) is 0. The van der Waals surface area contributed by atoms with Crippen LogP contribution in [0.5, 0.6) is 5.75 Å². The van der Waals surface area contributed by atoms with Gasteiger partial charge in [-0.05, 0) is 48.6 Å². The van der Waals surface area contributed by atoms with Crippen LogP contribution in [0.25, 0.3) is 38.1 Å². The molecule has 6 rings (SSSR count). The number of rotatable bonds is 7. The van der Waals surface area contributed by atoms with Crippen LogP contribution in [0.1, 0.15) is 18.4 Å². The Bertz CT molecular complexity index is 2450. The van der Waals surface area contributed by atoms with Gasteiger partial charge in [-0.25, -0.2) is 16.8 Å². The minimum absolute atomic E-state index is 0.0120. The zero-order valence-corrected chi connectivity index (χ0v) is 27.0. The van der Waals surface area contributed by atoms with Gasteiger partial charge in [0, 0.05) is 52.6 Å². The van der Waals surface area contributed by atoms with Gasteiger partial charge in [0.2, 0.25) is 17.3 Å². The Morgan fingerprint density at radius 3 is 2.53 bits per heavy atom. The Balaban J connectivity index is 1.57. The normalized spacial score (nSPS) is 14.6. The van der Waals surface area contributed by atoms with Crippen LogP contribution < -0.4 is 14.2 Å². The molecule has 0 amide bonds. The van der Waals surface area contributed by atoms with E-state index in [1.165, 1.54) is 15.9 Å². The molecule has 2 aromatic heterocycles. The number of fused-ring (bicyclic) bond motifs is 5. The van der Waals surface area contributed by atoms with Crippen molar-refractivity contribution in [2.24, 2.45) is 7.05 Å². The van der Waals surface area contributed by atoms with E-state index in [4.69, 9.17) is 16.3 Å². The molecule has 5 aromatic rings. The highest BCUT2D eigenvalue weighted by Crippen LogP contribution is 2.46. The number of aromatic nitrogens is 2. The number of allylic oxidation sites excluding steroid dienone is 2. The lowest BCUT2D eigenvalue weighted by atomic mass is 10.1. The van der Waals surface area contributed by atoms with E-state index in [0.29, 0.717) is 43.7 Å². The Labute approximate surface area is 267 Å². The Kier molecular flexibility index (Phi) is 7.77. The SMILES string of the molecule is C=C=C=C(N1C(=CC(=Cc2sc3ccc(Cl)cc3[n+]2CS(=O)(=O)[O-])CC)Oc2cc3c(cc21)c1ccccc1n3C)S(=O)(=O)[O-]. The number of hydrogen-bond acceptors (Lipinski definition) is 9. The topological polar surface area (TPSA) is 136 Å². The predicted molar refractivity (Wildman–Crippen MR) is 172 cm³/mol. The van der Waals surface area contributed by atoms with Crippen LogP contribution in [0.15, 0.2) is 95.2 Å². The molecule has 1 aliphatic rings. The minimum Gasteiger partial charge on any atom is -0.743 e. The molecule has 0 atom stereocenters. The van der Waals surface area contributed by atoms with Gasteiger partial charge in [-0.1, -0.05) is 53.8 Å². The van der Waals surface area contributed by atoms with E-state index in [9.17, 15) is 25.9 Å². The standard InChI is InChI=1S/C31H24ClN3O7S3/c1-4-8-31(45(39,40)41)35-25-16-22-21-9-6-7-10-23(21)33(3)24(22)17-27(25)42-29(35)13-19(5-2)14-30-34(18-44(36,37)38)26-15-20(32)11-12-28(26)43-30/h6-7,9-17H,1,5,18H2,2-3H3,(H-,36,37,38,39,40,41)/p-1. The number of thiazole rings is 1. The lowest BCUT2D eigenvalue weighted by Gasteiger charge is -2.22. The Morgan fingerprint density at radius 2 is 1.84 bits per heavy atom. The summed E-state index contributed by atoms with van der Waals surface area (Å²) in [5.74, 6) is -0.541. The van der Waals surface area contributed by atoms with Crippen molar-refractivity contribution in [3.63, 3.8) is 0 Å². The Hall–Kier alpha value is -4.16. The van der Waals surface area contributed by atoms with Crippen LogP contribution in [0.2, 0.25) is 5.02 Å². The zero-order valence-electron chi connectivity index (χ0n) is 23.8. The van der Waals surface area contributed by atoms with Crippen LogP contribution in [0.3, 0.4) is 0 Å². The van der Waals surface area contributed by atoms with Crippen LogP contribution in [-0.4, -0.2) is 30.5 Å². The van der Waals surface area contributed by atoms with Gasteiger partial charge in [0.05, 0.1) is 11.2 Å². The molecule has 0 saturated carbocycles. The molecule has 45 heavy (non-hydrogen) atoms. The molecule has 0 saturated heterocycles. The number of ether oxygens (including phenoxy) is 1. The summed E-state index contributed by atoms with van der Waals surface area (Å²) in [5.41, 5.74) is 7.71. The molecule has 3 aromatic carbocycles. The summed E-state index contributed by atoms with van der Waals surface area (Å²) in [4.78, 5) is 1.15. The lowest BCUT2D eigenvalue weighted by Crippen LogP contribution is -2.39. The molecular weight excluding hydrogens is 658 g/mol. The van der Waals surface area contributed by atoms with Crippen molar-refractivity contribution in [1.82, 2.24) is 4.57 Å². The number of aryl methyl sites for hydroxylation is 1. The summed E-state index contributed by atoms with van der Waals surface area (Å²) in [5, 5.41) is 1.76. The fraction of sp³-hybridized carbons (Fsp3) is 0.129. The smallest absolute Gasteiger partial charge is 0.263 e.